The molecule has 0 amide bonds. The van der Waals surface area contributed by atoms with Gasteiger partial charge in [-0.15, -0.1) is 0 Å². The van der Waals surface area contributed by atoms with Crippen molar-refractivity contribution in [1.29, 1.82) is 0 Å². The van der Waals surface area contributed by atoms with E-state index in [1.165, 1.54) is 11.1 Å². The van der Waals surface area contributed by atoms with Gasteiger partial charge in [-0.3, -0.25) is 4.90 Å². The highest BCUT2D eigenvalue weighted by Crippen LogP contribution is 2.51. The molecule has 0 bridgehead atoms. The van der Waals surface area contributed by atoms with E-state index in [0.717, 1.165) is 46.7 Å². The fraction of sp³-hybridized carbons (Fsp3) is 0.333. The van der Waals surface area contributed by atoms with Crippen LogP contribution in [-0.2, 0) is 6.42 Å². The van der Waals surface area contributed by atoms with Gasteiger partial charge in [0, 0.05) is 29.2 Å². The number of methoxy groups -OCH3 is 2. The molecule has 2 aromatic carbocycles. The normalized spacial score (nSPS) is 18.6. The average molecular weight is 366 g/mol. The van der Waals surface area contributed by atoms with Crippen LogP contribution in [-0.4, -0.2) is 44.5 Å². The number of likely N-dealkylation sites (N-methyl/N-ethyl adjacent to an activating group) is 1. The van der Waals surface area contributed by atoms with E-state index < -0.39 is 0 Å². The predicted octanol–water partition coefficient (Wildman–Crippen LogP) is 3.49. The number of benzene rings is 2. The maximum Gasteiger partial charge on any atom is 0.231 e. The van der Waals surface area contributed by atoms with E-state index in [2.05, 4.69) is 41.3 Å². The minimum atomic E-state index is 0.0547. The van der Waals surface area contributed by atoms with E-state index in [4.69, 9.17) is 18.9 Å². The minimum absolute atomic E-state index is 0.0547. The Balaban J connectivity index is 1.75. The lowest BCUT2D eigenvalue weighted by Crippen LogP contribution is -2.33. The zero-order chi connectivity index (χ0) is 18.5. The van der Waals surface area contributed by atoms with Crippen LogP contribution in [0.5, 0.6) is 23.0 Å². The Bertz CT molecular complexity index is 1030. The molecule has 1 aromatic heterocycles. The fourth-order valence-electron chi connectivity index (χ4n) is 4.30. The van der Waals surface area contributed by atoms with Crippen molar-refractivity contribution in [3.05, 3.63) is 47.2 Å². The van der Waals surface area contributed by atoms with Gasteiger partial charge in [0.1, 0.15) is 5.75 Å². The second-order valence-electron chi connectivity index (χ2n) is 7.01. The van der Waals surface area contributed by atoms with Gasteiger partial charge >= 0.3 is 0 Å². The van der Waals surface area contributed by atoms with Crippen molar-refractivity contribution in [2.75, 3.05) is 34.6 Å². The lowest BCUT2D eigenvalue weighted by molar-refractivity contribution is 0.171. The molecular formula is C21H22N2O4. The molecule has 1 N–H and O–H groups in total. The van der Waals surface area contributed by atoms with E-state index in [9.17, 15) is 0 Å². The molecule has 0 spiro atoms. The first-order chi connectivity index (χ1) is 13.2. The molecule has 0 saturated heterocycles. The van der Waals surface area contributed by atoms with Crippen LogP contribution in [0.3, 0.4) is 0 Å². The quantitative estimate of drug-likeness (QED) is 0.769. The highest BCUT2D eigenvalue weighted by Gasteiger charge is 2.35. The van der Waals surface area contributed by atoms with Gasteiger partial charge in [-0.05, 0) is 48.9 Å². The summed E-state index contributed by atoms with van der Waals surface area (Å²) in [5.41, 5.74) is 4.69. The largest absolute Gasteiger partial charge is 0.497 e. The third-order valence-electron chi connectivity index (χ3n) is 5.61. The lowest BCUT2D eigenvalue weighted by Gasteiger charge is -2.35. The van der Waals surface area contributed by atoms with Gasteiger partial charge in [0.2, 0.25) is 12.5 Å². The summed E-state index contributed by atoms with van der Waals surface area (Å²) in [5, 5.41) is 1.15. The summed E-state index contributed by atoms with van der Waals surface area (Å²) in [6.45, 7) is 1.19. The fourth-order valence-corrected chi connectivity index (χ4v) is 4.30. The van der Waals surface area contributed by atoms with E-state index in [1.54, 1.807) is 14.2 Å². The van der Waals surface area contributed by atoms with Gasteiger partial charge in [-0.2, -0.15) is 0 Å². The highest BCUT2D eigenvalue weighted by molar-refractivity contribution is 5.86. The number of fused-ring (bicyclic) bond motifs is 3. The molecule has 5 rings (SSSR count). The zero-order valence-electron chi connectivity index (χ0n) is 15.7. The Hall–Kier alpha value is -2.86. The SMILES string of the molecule is COc1ccc2[nH]cc([C@@H]3c4c(cc5c(c4OC)OCO5)CCN3C)c2c1. The molecule has 2 aliphatic rings. The molecule has 0 saturated carbocycles. The molecule has 1 atom stereocenters. The van der Waals surface area contributed by atoms with Crippen LogP contribution in [0.1, 0.15) is 22.7 Å². The number of rotatable bonds is 3. The van der Waals surface area contributed by atoms with Crippen LogP contribution in [0.4, 0.5) is 0 Å². The summed E-state index contributed by atoms with van der Waals surface area (Å²) < 4.78 is 22.6. The van der Waals surface area contributed by atoms with Crippen LogP contribution < -0.4 is 18.9 Å². The molecule has 6 heteroatoms. The van der Waals surface area contributed by atoms with Crippen LogP contribution in [0.25, 0.3) is 10.9 Å². The summed E-state index contributed by atoms with van der Waals surface area (Å²) in [4.78, 5) is 5.76. The van der Waals surface area contributed by atoms with Crippen molar-refractivity contribution in [3.8, 4) is 23.0 Å². The first kappa shape index (κ1) is 16.3. The summed E-state index contributed by atoms with van der Waals surface area (Å²) in [6.07, 6.45) is 3.03. The standard InChI is InChI=1S/C21H22N2O4/c1-23-7-6-12-8-17-20(27-11-26-17)21(25-3)18(12)19(23)15-10-22-16-5-4-13(24-2)9-14(15)16/h4-5,8-10,19,22H,6-7,11H2,1-3H3/t19-/m1/s1. The first-order valence-electron chi connectivity index (χ1n) is 9.06. The Morgan fingerprint density at radius 1 is 1.15 bits per heavy atom. The molecule has 0 radical (unpaired) electrons. The third kappa shape index (κ3) is 2.36. The summed E-state index contributed by atoms with van der Waals surface area (Å²) in [5.74, 6) is 3.09. The van der Waals surface area contributed by atoms with Gasteiger partial charge in [-0.25, -0.2) is 0 Å². The average Bonchev–Trinajstić information content (AvgIpc) is 3.32. The second-order valence-corrected chi connectivity index (χ2v) is 7.01. The predicted molar refractivity (Wildman–Crippen MR) is 102 cm³/mol. The number of hydrogen-bond acceptors (Lipinski definition) is 5. The minimum Gasteiger partial charge on any atom is -0.497 e. The lowest BCUT2D eigenvalue weighted by atomic mass is 9.87. The van der Waals surface area contributed by atoms with Gasteiger partial charge in [0.25, 0.3) is 0 Å². The number of aromatic amines is 1. The Morgan fingerprint density at radius 2 is 2.04 bits per heavy atom. The number of nitrogens with zero attached hydrogens (tertiary/aromatic N) is 1. The van der Waals surface area contributed by atoms with Crippen LogP contribution in [0.2, 0.25) is 0 Å². The molecule has 3 heterocycles. The second kappa shape index (κ2) is 6.09. The molecule has 0 aliphatic carbocycles. The molecule has 2 aliphatic heterocycles. The number of nitrogens with one attached hydrogen (secondary N) is 1. The maximum absolute atomic E-state index is 5.82. The van der Waals surface area contributed by atoms with Crippen molar-refractivity contribution >= 4 is 10.9 Å². The van der Waals surface area contributed by atoms with Crippen molar-refractivity contribution in [3.63, 3.8) is 0 Å². The van der Waals surface area contributed by atoms with Crippen molar-refractivity contribution < 1.29 is 18.9 Å². The number of ether oxygens (including phenoxy) is 4. The highest BCUT2D eigenvalue weighted by atomic mass is 16.7. The molecule has 0 unspecified atom stereocenters. The topological polar surface area (TPSA) is 56.0 Å². The van der Waals surface area contributed by atoms with Crippen molar-refractivity contribution in [1.82, 2.24) is 9.88 Å². The molecule has 3 aromatic rings. The third-order valence-corrected chi connectivity index (χ3v) is 5.61. The number of H-pyrrole nitrogens is 1. The Labute approximate surface area is 157 Å². The van der Waals surface area contributed by atoms with Gasteiger partial charge in [-0.1, -0.05) is 0 Å². The summed E-state index contributed by atoms with van der Waals surface area (Å²) in [6, 6.07) is 8.27. The number of aromatic nitrogens is 1. The van der Waals surface area contributed by atoms with E-state index in [1.807, 2.05) is 6.07 Å². The molecule has 0 fully saturated rings. The Kier molecular flexibility index (Phi) is 3.68. The molecule has 27 heavy (non-hydrogen) atoms. The maximum atomic E-state index is 5.82. The molecule has 140 valence electrons. The monoisotopic (exact) mass is 366 g/mol. The van der Waals surface area contributed by atoms with Crippen LogP contribution in [0, 0.1) is 0 Å². The molecule has 6 nitrogen and oxygen atoms in total. The number of hydrogen-bond donors (Lipinski definition) is 1. The molecular weight excluding hydrogens is 344 g/mol. The van der Waals surface area contributed by atoms with Crippen LogP contribution >= 0.6 is 0 Å². The van der Waals surface area contributed by atoms with E-state index in [-0.39, 0.29) is 12.8 Å². The zero-order valence-corrected chi connectivity index (χ0v) is 15.7. The van der Waals surface area contributed by atoms with Crippen molar-refractivity contribution in [2.45, 2.75) is 12.5 Å². The van der Waals surface area contributed by atoms with Crippen molar-refractivity contribution in [2.24, 2.45) is 0 Å². The van der Waals surface area contributed by atoms with Gasteiger partial charge in [0.15, 0.2) is 11.5 Å². The smallest absolute Gasteiger partial charge is 0.231 e. The summed E-state index contributed by atoms with van der Waals surface area (Å²) in [7, 11) is 5.54. The van der Waals surface area contributed by atoms with Crippen LogP contribution in [0.15, 0.2) is 30.5 Å². The Morgan fingerprint density at radius 3 is 2.85 bits per heavy atom. The summed E-state index contributed by atoms with van der Waals surface area (Å²) >= 11 is 0. The first-order valence-corrected chi connectivity index (χ1v) is 9.06. The van der Waals surface area contributed by atoms with E-state index in [0.29, 0.717) is 5.75 Å². The van der Waals surface area contributed by atoms with E-state index >= 15 is 0 Å². The van der Waals surface area contributed by atoms with Gasteiger partial charge in [0.05, 0.1) is 20.3 Å². The van der Waals surface area contributed by atoms with Gasteiger partial charge < -0.3 is 23.9 Å².